The van der Waals surface area contributed by atoms with E-state index in [9.17, 15) is 0 Å². The van der Waals surface area contributed by atoms with Gasteiger partial charge in [0.25, 0.3) is 0 Å². The maximum atomic E-state index is 6.15. The second kappa shape index (κ2) is 7.36. The molecule has 3 nitrogen and oxygen atoms in total. The molecule has 0 aromatic rings. The van der Waals surface area contributed by atoms with Crippen LogP contribution in [0.15, 0.2) is 37.0 Å². The first-order valence-electron chi connectivity index (χ1n) is 9.14. The van der Waals surface area contributed by atoms with Crippen molar-refractivity contribution >= 4 is 11.8 Å². The monoisotopic (exact) mass is 348 g/mol. The molecule has 0 aromatic heterocycles. The summed E-state index contributed by atoms with van der Waals surface area (Å²) in [4.78, 5) is 5.04. The highest BCUT2D eigenvalue weighted by molar-refractivity contribution is 8.00. The number of allylic oxidation sites excluding steroid dienone is 4. The molecule has 24 heavy (non-hydrogen) atoms. The molecule has 3 rings (SSSR count). The number of likely N-dealkylation sites (N-methyl/N-ethyl adjacent to an activating group) is 1. The molecular weight excluding hydrogens is 316 g/mol. The van der Waals surface area contributed by atoms with Crippen molar-refractivity contribution in [3.05, 3.63) is 37.0 Å². The number of rotatable bonds is 6. The first-order valence-corrected chi connectivity index (χ1v) is 10.1. The van der Waals surface area contributed by atoms with Gasteiger partial charge in [-0.15, -0.1) is 11.8 Å². The molecule has 134 valence electrons. The molecule has 4 heteroatoms. The van der Waals surface area contributed by atoms with Crippen molar-refractivity contribution in [3.63, 3.8) is 0 Å². The molecule has 0 N–H and O–H groups in total. The average molecular weight is 349 g/mol. The molecule has 0 amide bonds. The van der Waals surface area contributed by atoms with E-state index < -0.39 is 0 Å². The van der Waals surface area contributed by atoms with Crippen molar-refractivity contribution in [1.29, 1.82) is 0 Å². The second-order valence-corrected chi connectivity index (χ2v) is 9.53. The molecule has 3 aliphatic heterocycles. The van der Waals surface area contributed by atoms with Crippen LogP contribution in [-0.4, -0.2) is 58.9 Å². The van der Waals surface area contributed by atoms with Gasteiger partial charge in [-0.1, -0.05) is 31.4 Å². The number of epoxide rings is 1. The Morgan fingerprint density at radius 2 is 2.00 bits per heavy atom. The van der Waals surface area contributed by atoms with Gasteiger partial charge in [-0.3, -0.25) is 9.80 Å². The number of thioether (sulfide) groups is 1. The standard InChI is InChI=1S/C20H32N2OS/c1-6-8-15(7-2)13-16-9-11-22(12-10-16)19-17(23-19)18-20(3,4)24-14-21(18)5/h6-8,16-19H,1-2,9-14H2,3-5H3/b15-8+/t17?,18-,19?/m1/s1. The molecule has 0 bridgehead atoms. The Balaban J connectivity index is 1.49. The smallest absolute Gasteiger partial charge is 0.139 e. The summed E-state index contributed by atoms with van der Waals surface area (Å²) in [5.74, 6) is 1.88. The van der Waals surface area contributed by atoms with Crippen LogP contribution >= 0.6 is 11.8 Å². The van der Waals surface area contributed by atoms with Gasteiger partial charge < -0.3 is 4.74 Å². The molecule has 3 saturated heterocycles. The van der Waals surface area contributed by atoms with E-state index in [0.29, 0.717) is 23.1 Å². The molecule has 3 aliphatic rings. The largest absolute Gasteiger partial charge is 0.351 e. The Morgan fingerprint density at radius 3 is 2.54 bits per heavy atom. The van der Waals surface area contributed by atoms with Gasteiger partial charge in [0.05, 0.1) is 6.04 Å². The molecular formula is C20H32N2OS. The number of hydrogen-bond donors (Lipinski definition) is 0. The van der Waals surface area contributed by atoms with Crippen LogP contribution in [0, 0.1) is 5.92 Å². The zero-order valence-corrected chi connectivity index (χ0v) is 16.2. The number of ether oxygens (including phenoxy) is 1. The van der Waals surface area contributed by atoms with E-state index in [1.54, 1.807) is 0 Å². The molecule has 0 aliphatic carbocycles. The van der Waals surface area contributed by atoms with E-state index in [-0.39, 0.29) is 0 Å². The quantitative estimate of drug-likeness (QED) is 0.535. The van der Waals surface area contributed by atoms with E-state index >= 15 is 0 Å². The lowest BCUT2D eigenvalue weighted by molar-refractivity contribution is 0.123. The summed E-state index contributed by atoms with van der Waals surface area (Å²) in [6.45, 7) is 14.8. The van der Waals surface area contributed by atoms with Crippen molar-refractivity contribution in [2.24, 2.45) is 5.92 Å². The zero-order chi connectivity index (χ0) is 17.3. The van der Waals surface area contributed by atoms with Crippen molar-refractivity contribution < 1.29 is 4.74 Å². The van der Waals surface area contributed by atoms with E-state index in [2.05, 4.69) is 61.7 Å². The first kappa shape index (κ1) is 18.2. The summed E-state index contributed by atoms with van der Waals surface area (Å²) in [6.07, 6.45) is 10.3. The highest BCUT2D eigenvalue weighted by Crippen LogP contribution is 2.46. The van der Waals surface area contributed by atoms with Gasteiger partial charge >= 0.3 is 0 Å². The molecule has 0 saturated carbocycles. The Labute approximate surface area is 151 Å². The summed E-state index contributed by atoms with van der Waals surface area (Å²) in [6, 6.07) is 0.535. The van der Waals surface area contributed by atoms with E-state index in [4.69, 9.17) is 4.74 Å². The predicted molar refractivity (Wildman–Crippen MR) is 104 cm³/mol. The Hall–Kier alpha value is -0.550. The second-order valence-electron chi connectivity index (χ2n) is 7.93. The summed E-state index contributed by atoms with van der Waals surface area (Å²) >= 11 is 2.05. The number of likely N-dealkylation sites (tertiary alicyclic amines) is 1. The maximum Gasteiger partial charge on any atom is 0.139 e. The summed E-state index contributed by atoms with van der Waals surface area (Å²) in [5, 5.41) is 0. The van der Waals surface area contributed by atoms with Gasteiger partial charge in [-0.25, -0.2) is 0 Å². The lowest BCUT2D eigenvalue weighted by Crippen LogP contribution is -2.46. The van der Waals surface area contributed by atoms with Crippen LogP contribution in [0.3, 0.4) is 0 Å². The first-order chi connectivity index (χ1) is 11.5. The minimum atomic E-state index is 0.292. The summed E-state index contributed by atoms with van der Waals surface area (Å²) in [5.41, 5.74) is 1.32. The lowest BCUT2D eigenvalue weighted by atomic mass is 9.89. The van der Waals surface area contributed by atoms with Gasteiger partial charge in [0.15, 0.2) is 0 Å². The highest BCUT2D eigenvalue weighted by atomic mass is 32.2. The third-order valence-electron chi connectivity index (χ3n) is 5.77. The molecule has 2 unspecified atom stereocenters. The number of piperidine rings is 1. The van der Waals surface area contributed by atoms with Gasteiger partial charge in [0.1, 0.15) is 12.3 Å². The Morgan fingerprint density at radius 1 is 1.29 bits per heavy atom. The van der Waals surface area contributed by atoms with Gasteiger partial charge in [-0.2, -0.15) is 0 Å². The van der Waals surface area contributed by atoms with Crippen molar-refractivity contribution in [3.8, 4) is 0 Å². The third-order valence-corrected chi connectivity index (χ3v) is 7.29. The topological polar surface area (TPSA) is 19.0 Å². The normalized spacial score (nSPS) is 35.1. The van der Waals surface area contributed by atoms with Crippen molar-refractivity contribution in [1.82, 2.24) is 9.80 Å². The highest BCUT2D eigenvalue weighted by Gasteiger charge is 2.57. The molecule has 0 radical (unpaired) electrons. The average Bonchev–Trinajstić information content (AvgIpc) is 3.27. The third kappa shape index (κ3) is 3.82. The predicted octanol–water partition coefficient (Wildman–Crippen LogP) is 3.90. The Kier molecular flexibility index (Phi) is 5.60. The summed E-state index contributed by atoms with van der Waals surface area (Å²) in [7, 11) is 2.24. The minimum Gasteiger partial charge on any atom is -0.351 e. The van der Waals surface area contributed by atoms with Crippen LogP contribution in [0.25, 0.3) is 0 Å². The summed E-state index contributed by atoms with van der Waals surface area (Å²) < 4.78 is 6.45. The SMILES string of the molecule is C=C/C=C(\C=C)CC1CCN(C2OC2[C@H]2N(C)CSC2(C)C)CC1. The fourth-order valence-corrected chi connectivity index (χ4v) is 5.55. The lowest BCUT2D eigenvalue weighted by Gasteiger charge is -2.33. The fourth-order valence-electron chi connectivity index (χ4n) is 4.37. The molecule has 0 spiro atoms. The van der Waals surface area contributed by atoms with Crippen molar-refractivity contribution in [2.45, 2.75) is 56.2 Å². The van der Waals surface area contributed by atoms with Gasteiger partial charge in [0.2, 0.25) is 0 Å². The zero-order valence-electron chi connectivity index (χ0n) is 15.4. The minimum absolute atomic E-state index is 0.292. The van der Waals surface area contributed by atoms with E-state index in [1.807, 2.05) is 12.2 Å². The van der Waals surface area contributed by atoms with Crippen LogP contribution in [0.2, 0.25) is 0 Å². The van der Waals surface area contributed by atoms with Crippen LogP contribution in [0.4, 0.5) is 0 Å². The molecule has 3 atom stereocenters. The Bertz CT molecular complexity index is 508. The molecule has 3 heterocycles. The van der Waals surface area contributed by atoms with Crippen LogP contribution in [0.5, 0.6) is 0 Å². The number of hydrogen-bond acceptors (Lipinski definition) is 4. The maximum absolute atomic E-state index is 6.15. The number of nitrogens with zero attached hydrogens (tertiary/aromatic N) is 2. The molecule has 0 aromatic carbocycles. The van der Waals surface area contributed by atoms with Crippen LogP contribution < -0.4 is 0 Å². The fraction of sp³-hybridized carbons (Fsp3) is 0.700. The van der Waals surface area contributed by atoms with Gasteiger partial charge in [0, 0.05) is 23.7 Å². The van der Waals surface area contributed by atoms with E-state index in [0.717, 1.165) is 31.3 Å². The van der Waals surface area contributed by atoms with E-state index in [1.165, 1.54) is 18.4 Å². The molecule has 3 fully saturated rings. The van der Waals surface area contributed by atoms with Crippen molar-refractivity contribution in [2.75, 3.05) is 26.0 Å². The van der Waals surface area contributed by atoms with Crippen LogP contribution in [0.1, 0.15) is 33.1 Å². The van der Waals surface area contributed by atoms with Crippen LogP contribution in [-0.2, 0) is 4.74 Å². The van der Waals surface area contributed by atoms with Gasteiger partial charge in [-0.05, 0) is 51.6 Å².